The van der Waals surface area contributed by atoms with E-state index in [4.69, 9.17) is 0 Å². The quantitative estimate of drug-likeness (QED) is 0.828. The summed E-state index contributed by atoms with van der Waals surface area (Å²) in [6.07, 6.45) is 4.12. The van der Waals surface area contributed by atoms with Crippen molar-refractivity contribution in [2.45, 2.75) is 50.5 Å². The van der Waals surface area contributed by atoms with Gasteiger partial charge >= 0.3 is 0 Å². The van der Waals surface area contributed by atoms with Crippen molar-refractivity contribution in [2.24, 2.45) is 0 Å². The first-order valence-corrected chi connectivity index (χ1v) is 11.6. The molecule has 1 amide bonds. The molecule has 1 unspecified atom stereocenters. The van der Waals surface area contributed by atoms with Crippen molar-refractivity contribution in [3.8, 4) is 0 Å². The molecule has 2 aromatic carbocycles. The van der Waals surface area contributed by atoms with Crippen LogP contribution in [-0.4, -0.2) is 33.5 Å². The van der Waals surface area contributed by atoms with Gasteiger partial charge in [-0.1, -0.05) is 12.1 Å². The second kappa shape index (κ2) is 7.71. The van der Waals surface area contributed by atoms with E-state index < -0.39 is 10.0 Å². The largest absolute Gasteiger partial charge is 0.370 e. The van der Waals surface area contributed by atoms with Crippen LogP contribution < -0.4 is 14.5 Å². The molecule has 2 aromatic rings. The highest BCUT2D eigenvalue weighted by atomic mass is 32.2. The van der Waals surface area contributed by atoms with Crippen LogP contribution in [0.2, 0.25) is 0 Å². The molecule has 7 heteroatoms. The van der Waals surface area contributed by atoms with Crippen molar-refractivity contribution in [1.82, 2.24) is 0 Å². The molecule has 0 bridgehead atoms. The van der Waals surface area contributed by atoms with E-state index in [0.29, 0.717) is 12.1 Å². The van der Waals surface area contributed by atoms with E-state index in [9.17, 15) is 13.2 Å². The van der Waals surface area contributed by atoms with Crippen LogP contribution in [0.1, 0.15) is 38.7 Å². The fourth-order valence-electron chi connectivity index (χ4n) is 4.43. The molecule has 1 fully saturated rings. The zero-order chi connectivity index (χ0) is 20.6. The summed E-state index contributed by atoms with van der Waals surface area (Å²) >= 11 is 0. The summed E-state index contributed by atoms with van der Waals surface area (Å²) in [5, 5.41) is 0. The fourth-order valence-corrected chi connectivity index (χ4v) is 5.55. The lowest BCUT2D eigenvalue weighted by molar-refractivity contribution is -0.116. The molecule has 0 aromatic heterocycles. The first-order valence-electron chi connectivity index (χ1n) is 10.2. The Hall–Kier alpha value is -2.54. The number of sulfonamides is 1. The molecule has 4 rings (SSSR count). The molecular formula is C22H27N3O3S. The Morgan fingerprint density at radius 2 is 1.76 bits per heavy atom. The Labute approximate surface area is 172 Å². The summed E-state index contributed by atoms with van der Waals surface area (Å²) in [6, 6.07) is 12.6. The summed E-state index contributed by atoms with van der Waals surface area (Å²) in [5.74, 6) is -0.0274. The number of nitrogens with zero attached hydrogens (tertiary/aromatic N) is 2. The number of benzene rings is 2. The van der Waals surface area contributed by atoms with Gasteiger partial charge in [-0.05, 0) is 68.5 Å². The molecule has 0 radical (unpaired) electrons. The molecular weight excluding hydrogens is 386 g/mol. The van der Waals surface area contributed by atoms with Crippen molar-refractivity contribution in [3.05, 3.63) is 48.0 Å². The van der Waals surface area contributed by atoms with Crippen LogP contribution >= 0.6 is 0 Å². The Morgan fingerprint density at radius 3 is 2.48 bits per heavy atom. The molecule has 29 heavy (non-hydrogen) atoms. The first kappa shape index (κ1) is 19.8. The number of nitrogens with one attached hydrogen (secondary N) is 1. The van der Waals surface area contributed by atoms with Gasteiger partial charge < -0.3 is 9.80 Å². The highest BCUT2D eigenvalue weighted by Gasteiger charge is 2.30. The van der Waals surface area contributed by atoms with Crippen LogP contribution in [0, 0.1) is 0 Å². The standard InChI is InChI=1S/C22H27N3O3S/c1-16-14-18-15-19(10-11-21(18)25(16)17(2)26)29(27,28)23-20-8-4-5-9-22(20)24-12-6-3-7-13-24/h4-5,8-11,15-16,23H,3,6-7,12-14H2,1-2H3. The maximum Gasteiger partial charge on any atom is 0.261 e. The molecule has 1 saturated heterocycles. The van der Waals surface area contributed by atoms with E-state index >= 15 is 0 Å². The van der Waals surface area contributed by atoms with Gasteiger partial charge in [0.25, 0.3) is 10.0 Å². The summed E-state index contributed by atoms with van der Waals surface area (Å²) < 4.78 is 29.0. The van der Waals surface area contributed by atoms with Gasteiger partial charge in [0.2, 0.25) is 5.91 Å². The molecule has 154 valence electrons. The zero-order valence-corrected chi connectivity index (χ0v) is 17.7. The summed E-state index contributed by atoms with van der Waals surface area (Å²) in [5.41, 5.74) is 3.22. The van der Waals surface area contributed by atoms with Gasteiger partial charge in [-0.15, -0.1) is 0 Å². The molecule has 1 atom stereocenters. The van der Waals surface area contributed by atoms with Gasteiger partial charge in [-0.3, -0.25) is 9.52 Å². The normalized spacial score (nSPS) is 19.2. The highest BCUT2D eigenvalue weighted by Crippen LogP contribution is 2.35. The average molecular weight is 414 g/mol. The summed E-state index contributed by atoms with van der Waals surface area (Å²) in [7, 11) is -3.73. The van der Waals surface area contributed by atoms with Gasteiger partial charge in [-0.2, -0.15) is 0 Å². The van der Waals surface area contributed by atoms with Crippen molar-refractivity contribution in [3.63, 3.8) is 0 Å². The number of amides is 1. The van der Waals surface area contributed by atoms with Gasteiger partial charge in [0.1, 0.15) is 0 Å². The van der Waals surface area contributed by atoms with Crippen LogP contribution in [0.15, 0.2) is 47.4 Å². The maximum absolute atomic E-state index is 13.1. The number of fused-ring (bicyclic) bond motifs is 1. The highest BCUT2D eigenvalue weighted by molar-refractivity contribution is 7.92. The zero-order valence-electron chi connectivity index (χ0n) is 16.9. The molecule has 6 nitrogen and oxygen atoms in total. The molecule has 1 N–H and O–H groups in total. The van der Waals surface area contributed by atoms with Gasteiger partial charge in [-0.25, -0.2) is 8.42 Å². The molecule has 2 heterocycles. The van der Waals surface area contributed by atoms with E-state index in [1.807, 2.05) is 31.2 Å². The predicted molar refractivity (Wildman–Crippen MR) is 116 cm³/mol. The predicted octanol–water partition coefficient (Wildman–Crippen LogP) is 3.78. The van der Waals surface area contributed by atoms with Crippen LogP contribution in [0.25, 0.3) is 0 Å². The molecule has 0 aliphatic carbocycles. The number of carbonyl (C=O) groups excluding carboxylic acids is 1. The lowest BCUT2D eigenvalue weighted by Gasteiger charge is -2.30. The number of para-hydroxylation sites is 2. The summed E-state index contributed by atoms with van der Waals surface area (Å²) in [4.78, 5) is 16.1. The van der Waals surface area contributed by atoms with Gasteiger partial charge in [0.15, 0.2) is 0 Å². The second-order valence-electron chi connectivity index (χ2n) is 7.90. The number of rotatable bonds is 4. The Bertz CT molecular complexity index is 1030. The first-order chi connectivity index (χ1) is 13.9. The number of hydrogen-bond acceptors (Lipinski definition) is 4. The average Bonchev–Trinajstić information content (AvgIpc) is 3.04. The number of piperidine rings is 1. The topological polar surface area (TPSA) is 69.7 Å². The third kappa shape index (κ3) is 3.83. The molecule has 0 spiro atoms. The molecule has 2 aliphatic rings. The van der Waals surface area contributed by atoms with E-state index in [2.05, 4.69) is 9.62 Å². The van der Waals surface area contributed by atoms with Crippen LogP contribution in [-0.2, 0) is 21.2 Å². The van der Waals surface area contributed by atoms with Gasteiger partial charge in [0.05, 0.1) is 16.3 Å². The van der Waals surface area contributed by atoms with E-state index in [1.54, 1.807) is 23.1 Å². The lowest BCUT2D eigenvalue weighted by Crippen LogP contribution is -2.33. The number of hydrogen-bond donors (Lipinski definition) is 1. The minimum atomic E-state index is -3.73. The Morgan fingerprint density at radius 1 is 1.03 bits per heavy atom. The van der Waals surface area contributed by atoms with Crippen LogP contribution in [0.5, 0.6) is 0 Å². The fraction of sp³-hybridized carbons (Fsp3) is 0.409. The maximum atomic E-state index is 13.1. The third-order valence-corrected chi connectivity index (χ3v) is 7.12. The van der Waals surface area contributed by atoms with Crippen LogP contribution in [0.4, 0.5) is 17.1 Å². The number of carbonyl (C=O) groups is 1. The number of anilines is 3. The molecule has 0 saturated carbocycles. The summed E-state index contributed by atoms with van der Waals surface area (Å²) in [6.45, 7) is 5.39. The minimum absolute atomic E-state index is 0.0274. The minimum Gasteiger partial charge on any atom is -0.370 e. The van der Waals surface area contributed by atoms with E-state index in [0.717, 1.165) is 42.9 Å². The second-order valence-corrected chi connectivity index (χ2v) is 9.59. The van der Waals surface area contributed by atoms with Gasteiger partial charge in [0, 0.05) is 31.7 Å². The Balaban J connectivity index is 1.63. The third-order valence-electron chi connectivity index (χ3n) is 5.76. The van der Waals surface area contributed by atoms with Crippen molar-refractivity contribution >= 4 is 33.0 Å². The van der Waals surface area contributed by atoms with E-state index in [-0.39, 0.29) is 16.8 Å². The smallest absolute Gasteiger partial charge is 0.261 e. The monoisotopic (exact) mass is 413 g/mol. The Kier molecular flexibility index (Phi) is 5.25. The van der Waals surface area contributed by atoms with Crippen molar-refractivity contribution in [1.29, 1.82) is 0 Å². The lowest BCUT2D eigenvalue weighted by atomic mass is 10.1. The van der Waals surface area contributed by atoms with E-state index in [1.165, 1.54) is 13.3 Å². The van der Waals surface area contributed by atoms with Crippen LogP contribution in [0.3, 0.4) is 0 Å². The molecule has 2 aliphatic heterocycles. The van der Waals surface area contributed by atoms with Crippen molar-refractivity contribution in [2.75, 3.05) is 27.6 Å². The van der Waals surface area contributed by atoms with Crippen molar-refractivity contribution < 1.29 is 13.2 Å². The SMILES string of the molecule is CC(=O)N1c2ccc(S(=O)(=O)Nc3ccccc3N3CCCCC3)cc2CC1C.